The molecule has 74 valence electrons. The molecule has 2 amide bonds. The molecule has 1 aliphatic heterocycles. The molecule has 0 radical (unpaired) electrons. The molecule has 0 spiro atoms. The van der Waals surface area contributed by atoms with Crippen LogP contribution in [0.5, 0.6) is 0 Å². The van der Waals surface area contributed by atoms with Gasteiger partial charge in [0.05, 0.1) is 0 Å². The Labute approximate surface area is 78.3 Å². The van der Waals surface area contributed by atoms with E-state index in [4.69, 9.17) is 0 Å². The van der Waals surface area contributed by atoms with Crippen LogP contribution in [-0.4, -0.2) is 36.9 Å². The third kappa shape index (κ3) is 2.72. The van der Waals surface area contributed by atoms with Gasteiger partial charge in [0.2, 0.25) is 12.3 Å². The first kappa shape index (κ1) is 10.0. The Morgan fingerprint density at radius 3 is 3.00 bits per heavy atom. The van der Waals surface area contributed by atoms with Gasteiger partial charge in [-0.2, -0.15) is 0 Å². The van der Waals surface area contributed by atoms with Gasteiger partial charge >= 0.3 is 0 Å². The van der Waals surface area contributed by atoms with Gasteiger partial charge in [-0.15, -0.1) is 0 Å². The maximum atomic E-state index is 11.1. The number of amides is 2. The van der Waals surface area contributed by atoms with Crippen molar-refractivity contribution in [2.75, 3.05) is 13.6 Å². The van der Waals surface area contributed by atoms with Crippen LogP contribution in [0.15, 0.2) is 0 Å². The van der Waals surface area contributed by atoms with E-state index in [1.165, 1.54) is 0 Å². The molecular formula is C9H16N2O2. The second-order valence-electron chi connectivity index (χ2n) is 3.37. The van der Waals surface area contributed by atoms with E-state index in [0.717, 1.165) is 32.2 Å². The van der Waals surface area contributed by atoms with Crippen molar-refractivity contribution < 1.29 is 9.59 Å². The highest BCUT2D eigenvalue weighted by Crippen LogP contribution is 2.17. The van der Waals surface area contributed by atoms with Crippen molar-refractivity contribution >= 4 is 12.3 Å². The Bertz CT molecular complexity index is 194. The van der Waals surface area contributed by atoms with E-state index in [9.17, 15) is 9.59 Å². The van der Waals surface area contributed by atoms with Crippen LogP contribution in [0.3, 0.4) is 0 Å². The first-order valence-electron chi connectivity index (χ1n) is 4.69. The number of likely N-dealkylation sites (tertiary alicyclic amines) is 1. The topological polar surface area (TPSA) is 49.4 Å². The van der Waals surface area contributed by atoms with Crippen LogP contribution in [0, 0.1) is 0 Å². The Balaban J connectivity index is 2.44. The Morgan fingerprint density at radius 1 is 1.62 bits per heavy atom. The van der Waals surface area contributed by atoms with Crippen molar-refractivity contribution in [3.63, 3.8) is 0 Å². The fourth-order valence-corrected chi connectivity index (χ4v) is 1.70. The minimum absolute atomic E-state index is 0.0127. The first-order valence-corrected chi connectivity index (χ1v) is 4.69. The summed E-state index contributed by atoms with van der Waals surface area (Å²) in [7, 11) is 1.62. The lowest BCUT2D eigenvalue weighted by Gasteiger charge is -2.32. The van der Waals surface area contributed by atoms with Crippen molar-refractivity contribution in [3.05, 3.63) is 0 Å². The second kappa shape index (κ2) is 4.84. The molecule has 1 heterocycles. The van der Waals surface area contributed by atoms with Gasteiger partial charge in [-0.05, 0) is 19.3 Å². The van der Waals surface area contributed by atoms with Crippen LogP contribution in [-0.2, 0) is 9.59 Å². The van der Waals surface area contributed by atoms with Crippen LogP contribution in [0.1, 0.15) is 25.7 Å². The zero-order valence-corrected chi connectivity index (χ0v) is 7.95. The molecule has 13 heavy (non-hydrogen) atoms. The van der Waals surface area contributed by atoms with Gasteiger partial charge in [0, 0.05) is 26.1 Å². The number of nitrogens with one attached hydrogen (secondary N) is 1. The van der Waals surface area contributed by atoms with E-state index in [2.05, 4.69) is 5.32 Å². The van der Waals surface area contributed by atoms with Crippen LogP contribution in [0.2, 0.25) is 0 Å². The number of hydrogen-bond donors (Lipinski definition) is 1. The van der Waals surface area contributed by atoms with Gasteiger partial charge in [-0.1, -0.05) is 0 Å². The number of rotatable bonds is 3. The number of carbonyl (C=O) groups is 2. The number of hydrogen-bond acceptors (Lipinski definition) is 2. The summed E-state index contributed by atoms with van der Waals surface area (Å²) >= 11 is 0. The van der Waals surface area contributed by atoms with Crippen LogP contribution >= 0.6 is 0 Å². The predicted octanol–water partition coefficient (Wildman–Crippen LogP) is 0.133. The minimum Gasteiger partial charge on any atom is -0.359 e. The monoisotopic (exact) mass is 184 g/mol. The SMILES string of the molecule is CNC(=O)CC1CCCCN1C=O. The smallest absolute Gasteiger partial charge is 0.221 e. The van der Waals surface area contributed by atoms with Crippen LogP contribution in [0.25, 0.3) is 0 Å². The number of nitrogens with zero attached hydrogens (tertiary/aromatic N) is 1. The maximum Gasteiger partial charge on any atom is 0.221 e. The Morgan fingerprint density at radius 2 is 2.38 bits per heavy atom. The fraction of sp³-hybridized carbons (Fsp3) is 0.778. The molecule has 0 aliphatic carbocycles. The molecule has 1 atom stereocenters. The first-order chi connectivity index (χ1) is 6.27. The highest BCUT2D eigenvalue weighted by atomic mass is 16.2. The third-order valence-corrected chi connectivity index (χ3v) is 2.51. The van der Waals surface area contributed by atoms with Crippen LogP contribution < -0.4 is 5.32 Å². The molecule has 0 bridgehead atoms. The van der Waals surface area contributed by atoms with E-state index in [0.29, 0.717) is 6.42 Å². The molecular weight excluding hydrogens is 168 g/mol. The summed E-state index contributed by atoms with van der Waals surface area (Å²) in [5.74, 6) is 0.0127. The van der Waals surface area contributed by atoms with Crippen LogP contribution in [0.4, 0.5) is 0 Å². The summed E-state index contributed by atoms with van der Waals surface area (Å²) in [6.45, 7) is 0.797. The minimum atomic E-state index is 0.0127. The molecule has 4 heteroatoms. The van der Waals surface area contributed by atoms with Gasteiger partial charge in [-0.3, -0.25) is 9.59 Å². The molecule has 1 aliphatic rings. The zero-order chi connectivity index (χ0) is 9.68. The van der Waals surface area contributed by atoms with E-state index in [-0.39, 0.29) is 11.9 Å². The third-order valence-electron chi connectivity index (χ3n) is 2.51. The summed E-state index contributed by atoms with van der Waals surface area (Å²) in [5, 5.41) is 2.58. The average molecular weight is 184 g/mol. The zero-order valence-electron chi connectivity index (χ0n) is 7.95. The molecule has 1 rings (SSSR count). The normalized spacial score (nSPS) is 22.5. The molecule has 1 unspecified atom stereocenters. The highest BCUT2D eigenvalue weighted by molar-refractivity contribution is 5.76. The van der Waals surface area contributed by atoms with Crippen molar-refractivity contribution in [1.82, 2.24) is 10.2 Å². The number of carbonyl (C=O) groups excluding carboxylic acids is 2. The quantitative estimate of drug-likeness (QED) is 0.634. The molecule has 0 saturated carbocycles. The van der Waals surface area contributed by atoms with Crippen molar-refractivity contribution in [1.29, 1.82) is 0 Å². The van der Waals surface area contributed by atoms with Gasteiger partial charge in [0.15, 0.2) is 0 Å². The molecule has 0 aromatic carbocycles. The Hall–Kier alpha value is -1.06. The average Bonchev–Trinajstić information content (AvgIpc) is 2.18. The summed E-state index contributed by atoms with van der Waals surface area (Å²) in [6, 6.07) is 0.117. The predicted molar refractivity (Wildman–Crippen MR) is 49.1 cm³/mol. The van der Waals surface area contributed by atoms with E-state index in [1.54, 1.807) is 11.9 Å². The van der Waals surface area contributed by atoms with Gasteiger partial charge in [0.25, 0.3) is 0 Å². The highest BCUT2D eigenvalue weighted by Gasteiger charge is 2.22. The summed E-state index contributed by atoms with van der Waals surface area (Å²) in [6.07, 6.45) is 4.42. The maximum absolute atomic E-state index is 11.1. The van der Waals surface area contributed by atoms with Crippen molar-refractivity contribution in [2.45, 2.75) is 31.7 Å². The molecule has 1 saturated heterocycles. The van der Waals surface area contributed by atoms with Crippen molar-refractivity contribution in [2.24, 2.45) is 0 Å². The standard InChI is InChI=1S/C9H16N2O2/c1-10-9(13)6-8-4-2-3-5-11(8)7-12/h7-8H,2-6H2,1H3,(H,10,13). The summed E-state index contributed by atoms with van der Waals surface area (Å²) < 4.78 is 0. The second-order valence-corrected chi connectivity index (χ2v) is 3.37. The summed E-state index contributed by atoms with van der Waals surface area (Å²) in [4.78, 5) is 23.5. The molecule has 4 nitrogen and oxygen atoms in total. The fourth-order valence-electron chi connectivity index (χ4n) is 1.70. The molecule has 1 fully saturated rings. The molecule has 1 N–H and O–H groups in total. The summed E-state index contributed by atoms with van der Waals surface area (Å²) in [5.41, 5.74) is 0. The lowest BCUT2D eigenvalue weighted by atomic mass is 10.00. The lowest BCUT2D eigenvalue weighted by molar-refractivity contribution is -0.125. The largest absolute Gasteiger partial charge is 0.359 e. The molecule has 0 aromatic heterocycles. The van der Waals surface area contributed by atoms with E-state index in [1.807, 2.05) is 0 Å². The van der Waals surface area contributed by atoms with Gasteiger partial charge in [0.1, 0.15) is 0 Å². The lowest BCUT2D eigenvalue weighted by Crippen LogP contribution is -2.41. The van der Waals surface area contributed by atoms with E-state index >= 15 is 0 Å². The van der Waals surface area contributed by atoms with Gasteiger partial charge < -0.3 is 10.2 Å². The number of piperidine rings is 1. The molecule has 0 aromatic rings. The van der Waals surface area contributed by atoms with Gasteiger partial charge in [-0.25, -0.2) is 0 Å². The Kier molecular flexibility index (Phi) is 3.73. The van der Waals surface area contributed by atoms with Crippen molar-refractivity contribution in [3.8, 4) is 0 Å². The van der Waals surface area contributed by atoms with E-state index < -0.39 is 0 Å².